The van der Waals surface area contributed by atoms with Crippen molar-refractivity contribution in [2.24, 2.45) is 0 Å². The van der Waals surface area contributed by atoms with E-state index in [1.165, 1.54) is 24.1 Å². The fourth-order valence-corrected chi connectivity index (χ4v) is 4.39. The molecule has 11 nitrogen and oxygen atoms in total. The Hall–Kier alpha value is -3.67. The van der Waals surface area contributed by atoms with Gasteiger partial charge in [0.15, 0.2) is 0 Å². The molecule has 36 heavy (non-hydrogen) atoms. The summed E-state index contributed by atoms with van der Waals surface area (Å²) in [6, 6.07) is 9.72. The quantitative estimate of drug-likeness (QED) is 0.355. The molecular weight excluding hydrogens is 488 g/mol. The molecule has 0 heterocycles. The van der Waals surface area contributed by atoms with Crippen LogP contribution in [0.25, 0.3) is 0 Å². The number of aryl methyl sites for hydroxylation is 1. The Balaban J connectivity index is 2.53. The van der Waals surface area contributed by atoms with Crippen LogP contribution in [0, 0.1) is 17.0 Å². The summed E-state index contributed by atoms with van der Waals surface area (Å²) in [6.07, 6.45) is 0.888. The van der Waals surface area contributed by atoms with Gasteiger partial charge in [-0.3, -0.25) is 24.0 Å². The molecule has 196 valence electrons. The topological polar surface area (TPSA) is 139 Å². The van der Waals surface area contributed by atoms with E-state index in [4.69, 9.17) is 4.74 Å². The SMILES string of the molecule is COc1ccc([N+](=O)[O-])cc1N(CC(=O)N(Cc1ccccc1C)[C@@H](C)C(=O)NC(C)C)S(C)(=O)=O. The molecule has 0 spiro atoms. The lowest BCUT2D eigenvalue weighted by atomic mass is 10.1. The van der Waals surface area contributed by atoms with Crippen molar-refractivity contribution in [3.8, 4) is 5.75 Å². The number of carbonyl (C=O) groups is 2. The minimum absolute atomic E-state index is 0.0369. The van der Waals surface area contributed by atoms with E-state index in [9.17, 15) is 28.1 Å². The van der Waals surface area contributed by atoms with Crippen molar-refractivity contribution in [3.05, 3.63) is 63.7 Å². The largest absolute Gasteiger partial charge is 0.495 e. The van der Waals surface area contributed by atoms with Crippen molar-refractivity contribution in [3.63, 3.8) is 0 Å². The molecule has 0 saturated carbocycles. The molecule has 0 aromatic heterocycles. The number of non-ortho nitro benzene ring substituents is 1. The van der Waals surface area contributed by atoms with Gasteiger partial charge in [-0.25, -0.2) is 8.42 Å². The number of nitro groups is 1. The zero-order chi connectivity index (χ0) is 27.2. The predicted octanol–water partition coefficient (Wildman–Crippen LogP) is 2.62. The maximum Gasteiger partial charge on any atom is 0.271 e. The average molecular weight is 521 g/mol. The van der Waals surface area contributed by atoms with E-state index in [1.807, 2.05) is 25.1 Å². The van der Waals surface area contributed by atoms with Gasteiger partial charge in [0.05, 0.1) is 18.3 Å². The van der Waals surface area contributed by atoms with Crippen molar-refractivity contribution in [2.75, 3.05) is 24.2 Å². The van der Waals surface area contributed by atoms with E-state index in [-0.39, 0.29) is 29.7 Å². The number of sulfonamides is 1. The van der Waals surface area contributed by atoms with Crippen LogP contribution in [0.3, 0.4) is 0 Å². The third-order valence-corrected chi connectivity index (χ3v) is 6.65. The number of rotatable bonds is 11. The van der Waals surface area contributed by atoms with Crippen LogP contribution in [0.2, 0.25) is 0 Å². The van der Waals surface area contributed by atoms with Gasteiger partial charge in [-0.15, -0.1) is 0 Å². The van der Waals surface area contributed by atoms with Crippen molar-refractivity contribution < 1.29 is 27.7 Å². The lowest BCUT2D eigenvalue weighted by Gasteiger charge is -2.32. The Bertz CT molecular complexity index is 1230. The molecule has 2 aromatic carbocycles. The van der Waals surface area contributed by atoms with Crippen LogP contribution in [0.1, 0.15) is 31.9 Å². The van der Waals surface area contributed by atoms with Crippen molar-refractivity contribution in [1.29, 1.82) is 0 Å². The summed E-state index contributed by atoms with van der Waals surface area (Å²) in [6.45, 7) is 6.37. The van der Waals surface area contributed by atoms with Gasteiger partial charge in [-0.05, 0) is 44.9 Å². The zero-order valence-electron chi connectivity index (χ0n) is 21.2. The molecular formula is C24H32N4O7S. The Morgan fingerprint density at radius 2 is 1.78 bits per heavy atom. The second-order valence-corrected chi connectivity index (χ2v) is 10.6. The lowest BCUT2D eigenvalue weighted by molar-refractivity contribution is -0.384. The van der Waals surface area contributed by atoms with E-state index in [2.05, 4.69) is 5.32 Å². The smallest absolute Gasteiger partial charge is 0.271 e. The van der Waals surface area contributed by atoms with Crippen molar-refractivity contribution in [1.82, 2.24) is 10.2 Å². The third kappa shape index (κ3) is 7.17. The molecule has 2 amide bonds. The number of methoxy groups -OCH3 is 1. The first-order valence-electron chi connectivity index (χ1n) is 11.2. The van der Waals surface area contributed by atoms with Crippen LogP contribution in [-0.2, 0) is 26.2 Å². The Labute approximate surface area is 211 Å². The van der Waals surface area contributed by atoms with E-state index >= 15 is 0 Å². The van der Waals surface area contributed by atoms with Crippen LogP contribution in [0.4, 0.5) is 11.4 Å². The van der Waals surface area contributed by atoms with E-state index in [1.54, 1.807) is 26.8 Å². The van der Waals surface area contributed by atoms with Crippen LogP contribution in [0.15, 0.2) is 42.5 Å². The summed E-state index contributed by atoms with van der Waals surface area (Å²) < 4.78 is 31.5. The Morgan fingerprint density at radius 3 is 2.31 bits per heavy atom. The summed E-state index contributed by atoms with van der Waals surface area (Å²) in [5.41, 5.74) is 1.16. The van der Waals surface area contributed by atoms with Crippen LogP contribution in [0.5, 0.6) is 5.75 Å². The number of hydrogen-bond acceptors (Lipinski definition) is 7. The first-order chi connectivity index (χ1) is 16.8. The first-order valence-corrected chi connectivity index (χ1v) is 13.1. The van der Waals surface area contributed by atoms with Crippen LogP contribution >= 0.6 is 0 Å². The molecule has 0 saturated heterocycles. The molecule has 1 atom stereocenters. The van der Waals surface area contributed by atoms with E-state index in [0.717, 1.165) is 27.8 Å². The molecule has 12 heteroatoms. The predicted molar refractivity (Wildman–Crippen MR) is 136 cm³/mol. The molecule has 2 aromatic rings. The standard InChI is InChI=1S/C24H32N4O7S/c1-16(2)25-24(30)18(4)26(14-19-10-8-7-9-17(19)3)23(29)15-27(36(6,33)34)21-13-20(28(31)32)11-12-22(21)35-5/h7-13,16,18H,14-15H2,1-6H3,(H,25,30)/t18-/m0/s1. The minimum Gasteiger partial charge on any atom is -0.495 e. The fraction of sp³-hybridized carbons (Fsp3) is 0.417. The van der Waals surface area contributed by atoms with E-state index in [0.29, 0.717) is 0 Å². The highest BCUT2D eigenvalue weighted by Crippen LogP contribution is 2.34. The van der Waals surface area contributed by atoms with Crippen LogP contribution in [-0.4, -0.2) is 62.0 Å². The van der Waals surface area contributed by atoms with Gasteiger partial charge in [0.25, 0.3) is 5.69 Å². The molecule has 0 aliphatic carbocycles. The van der Waals surface area contributed by atoms with Crippen molar-refractivity contribution in [2.45, 2.75) is 46.3 Å². The van der Waals surface area contributed by atoms with Crippen molar-refractivity contribution >= 4 is 33.2 Å². The number of nitrogens with zero attached hydrogens (tertiary/aromatic N) is 3. The number of anilines is 1. The molecule has 2 rings (SSSR count). The first kappa shape index (κ1) is 28.6. The number of nitro benzene ring substituents is 1. The summed E-state index contributed by atoms with van der Waals surface area (Å²) in [4.78, 5) is 38.4. The third-order valence-electron chi connectivity index (χ3n) is 5.52. The number of hydrogen-bond donors (Lipinski definition) is 1. The Morgan fingerprint density at radius 1 is 1.14 bits per heavy atom. The van der Waals surface area contributed by atoms with Gasteiger partial charge < -0.3 is 15.0 Å². The second kappa shape index (κ2) is 11.8. The fourth-order valence-electron chi connectivity index (χ4n) is 3.54. The number of ether oxygens (including phenoxy) is 1. The molecule has 0 radical (unpaired) electrons. The molecule has 0 aliphatic rings. The molecule has 0 fully saturated rings. The monoisotopic (exact) mass is 520 g/mol. The normalized spacial score (nSPS) is 12.1. The lowest BCUT2D eigenvalue weighted by Crippen LogP contribution is -2.52. The van der Waals surface area contributed by atoms with Gasteiger partial charge in [0.1, 0.15) is 24.0 Å². The highest BCUT2D eigenvalue weighted by molar-refractivity contribution is 7.92. The van der Waals surface area contributed by atoms with Gasteiger partial charge in [-0.1, -0.05) is 24.3 Å². The van der Waals surface area contributed by atoms with Gasteiger partial charge in [0, 0.05) is 24.7 Å². The van der Waals surface area contributed by atoms with Crippen LogP contribution < -0.4 is 14.4 Å². The molecule has 0 bridgehead atoms. The highest BCUT2D eigenvalue weighted by Gasteiger charge is 2.32. The number of nitrogens with one attached hydrogen (secondary N) is 1. The molecule has 0 aliphatic heterocycles. The number of carbonyl (C=O) groups excluding carboxylic acids is 2. The van der Waals surface area contributed by atoms with E-state index < -0.39 is 39.3 Å². The highest BCUT2D eigenvalue weighted by atomic mass is 32.2. The second-order valence-electron chi connectivity index (χ2n) is 8.67. The summed E-state index contributed by atoms with van der Waals surface area (Å²) in [5.74, 6) is -1.02. The minimum atomic E-state index is -4.08. The summed E-state index contributed by atoms with van der Waals surface area (Å²) in [7, 11) is -2.80. The van der Waals surface area contributed by atoms with Gasteiger partial charge >= 0.3 is 0 Å². The maximum absolute atomic E-state index is 13.6. The summed E-state index contributed by atoms with van der Waals surface area (Å²) >= 11 is 0. The molecule has 0 unspecified atom stereocenters. The number of benzene rings is 2. The summed E-state index contributed by atoms with van der Waals surface area (Å²) in [5, 5.41) is 14.1. The zero-order valence-corrected chi connectivity index (χ0v) is 22.0. The van der Waals surface area contributed by atoms with Gasteiger partial charge in [0.2, 0.25) is 21.8 Å². The van der Waals surface area contributed by atoms with Gasteiger partial charge in [-0.2, -0.15) is 0 Å². The molecule has 1 N–H and O–H groups in total. The number of amides is 2. The average Bonchev–Trinajstić information content (AvgIpc) is 2.79. The Kier molecular flexibility index (Phi) is 9.40. The maximum atomic E-state index is 13.6.